The van der Waals surface area contributed by atoms with Crippen LogP contribution in [0.4, 0.5) is 17.3 Å². The summed E-state index contributed by atoms with van der Waals surface area (Å²) in [6.07, 6.45) is 0. The Morgan fingerprint density at radius 2 is 1.56 bits per heavy atom. The van der Waals surface area contributed by atoms with E-state index in [0.29, 0.717) is 6.61 Å². The Bertz CT molecular complexity index is 945. The van der Waals surface area contributed by atoms with Crippen molar-refractivity contribution in [3.05, 3.63) is 70.0 Å². The number of benzene rings is 2. The number of ether oxygens (including phenoxy) is 1. The molecule has 0 fully saturated rings. The number of furan rings is 1. The van der Waals surface area contributed by atoms with Gasteiger partial charge in [-0.1, -0.05) is 35.4 Å². The minimum Gasteiger partial charge on any atom is -0.483 e. The molecule has 1 aliphatic rings. The summed E-state index contributed by atoms with van der Waals surface area (Å²) in [5, 5.41) is 0. The lowest BCUT2D eigenvalue weighted by Crippen LogP contribution is -2.13. The van der Waals surface area contributed by atoms with E-state index in [2.05, 4.69) is 62.9 Å². The van der Waals surface area contributed by atoms with Crippen LogP contribution in [-0.2, 0) is 6.61 Å². The summed E-state index contributed by atoms with van der Waals surface area (Å²) in [6, 6.07) is 12.9. The summed E-state index contributed by atoms with van der Waals surface area (Å²) >= 11 is 0. The van der Waals surface area contributed by atoms with E-state index in [1.54, 1.807) is 0 Å². The molecule has 25 heavy (non-hydrogen) atoms. The molecule has 1 aromatic heterocycles. The average molecular weight is 333 g/mol. The Labute approximate surface area is 148 Å². The van der Waals surface area contributed by atoms with Gasteiger partial charge in [0.2, 0.25) is 5.88 Å². The zero-order chi connectivity index (χ0) is 17.7. The molecule has 4 rings (SSSR count). The minimum absolute atomic E-state index is 0.545. The van der Waals surface area contributed by atoms with Crippen molar-refractivity contribution in [3.63, 3.8) is 0 Å². The molecule has 3 nitrogen and oxygen atoms in total. The van der Waals surface area contributed by atoms with Crippen molar-refractivity contribution in [2.75, 3.05) is 4.90 Å². The molecule has 3 heteroatoms. The first kappa shape index (κ1) is 15.8. The van der Waals surface area contributed by atoms with Gasteiger partial charge in [-0.3, -0.25) is 4.90 Å². The molecule has 0 radical (unpaired) electrons. The number of anilines is 3. The van der Waals surface area contributed by atoms with Gasteiger partial charge in [0.1, 0.15) is 12.4 Å². The van der Waals surface area contributed by atoms with Crippen molar-refractivity contribution in [1.29, 1.82) is 0 Å². The molecule has 0 unspecified atom stereocenters. The van der Waals surface area contributed by atoms with E-state index in [0.717, 1.165) is 28.8 Å². The van der Waals surface area contributed by atoms with Crippen LogP contribution in [0.5, 0.6) is 5.75 Å². The summed E-state index contributed by atoms with van der Waals surface area (Å²) in [4.78, 5) is 2.22. The predicted molar refractivity (Wildman–Crippen MR) is 101 cm³/mol. The van der Waals surface area contributed by atoms with Crippen LogP contribution >= 0.6 is 0 Å². The number of rotatable bonds is 1. The Hall–Kier alpha value is -2.68. The van der Waals surface area contributed by atoms with E-state index in [9.17, 15) is 0 Å². The van der Waals surface area contributed by atoms with Gasteiger partial charge >= 0.3 is 0 Å². The molecule has 2 heterocycles. The Morgan fingerprint density at radius 1 is 0.840 bits per heavy atom. The molecule has 0 bridgehead atoms. The highest BCUT2D eigenvalue weighted by Gasteiger charge is 2.29. The maximum Gasteiger partial charge on any atom is 0.247 e. The third-order valence-corrected chi connectivity index (χ3v) is 4.72. The second-order valence-corrected chi connectivity index (χ2v) is 7.03. The molecular weight excluding hydrogens is 310 g/mol. The van der Waals surface area contributed by atoms with E-state index < -0.39 is 0 Å². The molecule has 0 saturated heterocycles. The van der Waals surface area contributed by atoms with E-state index in [1.807, 2.05) is 13.0 Å². The van der Waals surface area contributed by atoms with Crippen LogP contribution in [0.15, 0.2) is 40.8 Å². The van der Waals surface area contributed by atoms with Crippen LogP contribution in [0.2, 0.25) is 0 Å². The van der Waals surface area contributed by atoms with Gasteiger partial charge in [-0.2, -0.15) is 0 Å². The molecule has 1 aliphatic heterocycles. The van der Waals surface area contributed by atoms with Gasteiger partial charge in [0.15, 0.2) is 5.75 Å². The lowest BCUT2D eigenvalue weighted by atomic mass is 10.0. The van der Waals surface area contributed by atoms with E-state index in [-0.39, 0.29) is 0 Å². The zero-order valence-electron chi connectivity index (χ0n) is 15.4. The highest BCUT2D eigenvalue weighted by molar-refractivity contribution is 5.83. The third-order valence-electron chi connectivity index (χ3n) is 4.72. The van der Waals surface area contributed by atoms with Gasteiger partial charge in [0, 0.05) is 11.6 Å². The lowest BCUT2D eigenvalue weighted by Gasteiger charge is -2.27. The topological polar surface area (TPSA) is 25.6 Å². The summed E-state index contributed by atoms with van der Waals surface area (Å²) in [7, 11) is 0. The quantitative estimate of drug-likeness (QED) is 0.531. The number of aryl methyl sites for hydroxylation is 5. The number of hydrogen-bond donors (Lipinski definition) is 0. The normalized spacial score (nSPS) is 13.1. The summed E-state index contributed by atoms with van der Waals surface area (Å²) in [5.74, 6) is 2.41. The molecule has 128 valence electrons. The maximum atomic E-state index is 6.08. The fourth-order valence-electron chi connectivity index (χ4n) is 3.80. The van der Waals surface area contributed by atoms with E-state index in [1.165, 1.54) is 27.8 Å². The fourth-order valence-corrected chi connectivity index (χ4v) is 3.80. The number of hydrogen-bond acceptors (Lipinski definition) is 3. The average Bonchev–Trinajstić information content (AvgIpc) is 2.83. The van der Waals surface area contributed by atoms with Crippen LogP contribution in [0.1, 0.15) is 33.6 Å². The summed E-state index contributed by atoms with van der Waals surface area (Å²) in [6.45, 7) is 11.1. The molecule has 2 aromatic carbocycles. The first-order chi connectivity index (χ1) is 11.9. The van der Waals surface area contributed by atoms with Crippen molar-refractivity contribution < 1.29 is 9.15 Å². The first-order valence-corrected chi connectivity index (χ1v) is 8.65. The van der Waals surface area contributed by atoms with Gasteiger partial charge in [-0.25, -0.2) is 0 Å². The lowest BCUT2D eigenvalue weighted by molar-refractivity contribution is 0.308. The summed E-state index contributed by atoms with van der Waals surface area (Å²) < 4.78 is 12.2. The first-order valence-electron chi connectivity index (χ1n) is 8.65. The third kappa shape index (κ3) is 2.60. The maximum absolute atomic E-state index is 6.08. The Kier molecular flexibility index (Phi) is 3.60. The van der Waals surface area contributed by atoms with E-state index in [4.69, 9.17) is 9.15 Å². The van der Waals surface area contributed by atoms with Gasteiger partial charge in [0.05, 0.1) is 11.4 Å². The van der Waals surface area contributed by atoms with Crippen molar-refractivity contribution in [3.8, 4) is 5.75 Å². The Morgan fingerprint density at radius 3 is 2.28 bits per heavy atom. The van der Waals surface area contributed by atoms with Gasteiger partial charge in [-0.05, 0) is 51.8 Å². The second-order valence-electron chi connectivity index (χ2n) is 7.03. The van der Waals surface area contributed by atoms with Gasteiger partial charge in [-0.15, -0.1) is 0 Å². The molecule has 0 amide bonds. The molecule has 0 N–H and O–H groups in total. The van der Waals surface area contributed by atoms with Crippen molar-refractivity contribution in [1.82, 2.24) is 0 Å². The monoisotopic (exact) mass is 333 g/mol. The fraction of sp³-hybridized carbons (Fsp3) is 0.273. The zero-order valence-corrected chi connectivity index (χ0v) is 15.4. The standard InChI is InChI=1S/C22H23NO2/c1-13-6-7-19-18(10-13)12-24-20-11-17(5)25-22(20)23(19)21-15(3)8-14(2)9-16(21)4/h6-11H,12H2,1-5H3. The number of fused-ring (bicyclic) bond motifs is 2. The molecule has 0 saturated carbocycles. The minimum atomic E-state index is 0.545. The molecular formula is C22H23NO2. The van der Waals surface area contributed by atoms with Crippen LogP contribution in [0, 0.1) is 34.6 Å². The highest BCUT2D eigenvalue weighted by atomic mass is 16.5. The predicted octanol–water partition coefficient (Wildman–Crippen LogP) is 6.18. The van der Waals surface area contributed by atoms with Crippen LogP contribution in [-0.4, -0.2) is 0 Å². The smallest absolute Gasteiger partial charge is 0.247 e. The largest absolute Gasteiger partial charge is 0.483 e. The van der Waals surface area contributed by atoms with Crippen LogP contribution in [0.3, 0.4) is 0 Å². The molecule has 0 spiro atoms. The van der Waals surface area contributed by atoms with E-state index >= 15 is 0 Å². The molecule has 0 aliphatic carbocycles. The van der Waals surface area contributed by atoms with Crippen molar-refractivity contribution in [2.24, 2.45) is 0 Å². The molecule has 3 aromatic rings. The van der Waals surface area contributed by atoms with Crippen LogP contribution < -0.4 is 9.64 Å². The SMILES string of the molecule is Cc1cc(C)c(N2c3ccc(C)cc3COc3cc(C)oc32)c(C)c1. The second kappa shape index (κ2) is 5.69. The highest BCUT2D eigenvalue weighted by Crippen LogP contribution is 2.48. The number of nitrogens with zero attached hydrogens (tertiary/aromatic N) is 1. The van der Waals surface area contributed by atoms with Gasteiger partial charge < -0.3 is 9.15 Å². The summed E-state index contributed by atoms with van der Waals surface area (Å²) in [5.41, 5.74) is 8.41. The Balaban J connectivity index is 2.03. The molecule has 0 atom stereocenters. The van der Waals surface area contributed by atoms with Crippen molar-refractivity contribution in [2.45, 2.75) is 41.2 Å². The van der Waals surface area contributed by atoms with Crippen LogP contribution in [0.25, 0.3) is 0 Å². The van der Waals surface area contributed by atoms with Gasteiger partial charge in [0.25, 0.3) is 0 Å². The van der Waals surface area contributed by atoms with Crippen molar-refractivity contribution >= 4 is 17.3 Å².